The molecule has 0 aromatic heterocycles. The van der Waals surface area contributed by atoms with Crippen LogP contribution in [-0.4, -0.2) is 12.1 Å². The lowest BCUT2D eigenvalue weighted by atomic mass is 9.98. The summed E-state index contributed by atoms with van der Waals surface area (Å²) in [5.41, 5.74) is 1.63. The highest BCUT2D eigenvalue weighted by atomic mass is 35.5. The van der Waals surface area contributed by atoms with E-state index in [1.165, 1.54) is 19.3 Å². The zero-order chi connectivity index (χ0) is 12.1. The van der Waals surface area contributed by atoms with E-state index in [9.17, 15) is 4.79 Å². The van der Waals surface area contributed by atoms with Gasteiger partial charge in [0.15, 0.2) is 0 Å². The van der Waals surface area contributed by atoms with Gasteiger partial charge in [-0.05, 0) is 43.4 Å². The van der Waals surface area contributed by atoms with Crippen molar-refractivity contribution in [1.29, 1.82) is 0 Å². The largest absolute Gasteiger partial charge is 0.459 e. The Morgan fingerprint density at radius 2 is 1.82 bits per heavy atom. The molecular weight excluding hydrogens is 236 g/mol. The lowest BCUT2D eigenvalue weighted by molar-refractivity contribution is 0.0211. The molecule has 0 heterocycles. The van der Waals surface area contributed by atoms with Crippen LogP contribution >= 0.6 is 11.6 Å². The van der Waals surface area contributed by atoms with Crippen LogP contribution in [0.15, 0.2) is 24.3 Å². The van der Waals surface area contributed by atoms with Gasteiger partial charge in [0, 0.05) is 5.88 Å². The molecule has 1 fully saturated rings. The molecule has 0 amide bonds. The maximum Gasteiger partial charge on any atom is 0.338 e. The van der Waals surface area contributed by atoms with Crippen LogP contribution in [0, 0.1) is 0 Å². The van der Waals surface area contributed by atoms with Crippen LogP contribution in [0.25, 0.3) is 0 Å². The van der Waals surface area contributed by atoms with Crippen molar-refractivity contribution in [3.05, 3.63) is 35.4 Å². The first-order valence-electron chi connectivity index (χ1n) is 6.15. The zero-order valence-corrected chi connectivity index (χ0v) is 10.6. The zero-order valence-electron chi connectivity index (χ0n) is 9.82. The first-order chi connectivity index (χ1) is 8.29. The molecule has 92 valence electrons. The van der Waals surface area contributed by atoms with Crippen molar-refractivity contribution >= 4 is 17.6 Å². The summed E-state index contributed by atoms with van der Waals surface area (Å²) in [6.45, 7) is 0. The van der Waals surface area contributed by atoms with E-state index < -0.39 is 0 Å². The molecule has 0 unspecified atom stereocenters. The van der Waals surface area contributed by atoms with Gasteiger partial charge in [0.25, 0.3) is 0 Å². The standard InChI is InChI=1S/C14H17ClO2/c15-10-11-6-8-12(9-7-11)14(16)17-13-4-2-1-3-5-13/h6-9,13H,1-5,10H2. The first-order valence-corrected chi connectivity index (χ1v) is 6.69. The number of benzene rings is 1. The Labute approximate surface area is 107 Å². The molecule has 0 radical (unpaired) electrons. The summed E-state index contributed by atoms with van der Waals surface area (Å²) >= 11 is 5.70. The first kappa shape index (κ1) is 12.4. The molecule has 1 aliphatic carbocycles. The van der Waals surface area contributed by atoms with Gasteiger partial charge in [0.1, 0.15) is 6.10 Å². The van der Waals surface area contributed by atoms with Crippen LogP contribution in [0.3, 0.4) is 0 Å². The van der Waals surface area contributed by atoms with Crippen molar-refractivity contribution in [3.63, 3.8) is 0 Å². The maximum absolute atomic E-state index is 11.9. The van der Waals surface area contributed by atoms with Gasteiger partial charge in [-0.25, -0.2) is 4.79 Å². The van der Waals surface area contributed by atoms with Gasteiger partial charge in [0.05, 0.1) is 5.56 Å². The predicted octanol–water partition coefficient (Wildman–Crippen LogP) is 3.91. The van der Waals surface area contributed by atoms with Crippen LogP contribution in [0.1, 0.15) is 48.0 Å². The molecular formula is C14H17ClO2. The number of hydrogen-bond donors (Lipinski definition) is 0. The highest BCUT2D eigenvalue weighted by Crippen LogP contribution is 2.21. The van der Waals surface area contributed by atoms with Gasteiger partial charge in [-0.2, -0.15) is 0 Å². The number of hydrogen-bond acceptors (Lipinski definition) is 2. The molecule has 2 nitrogen and oxygen atoms in total. The van der Waals surface area contributed by atoms with Crippen LogP contribution in [0.4, 0.5) is 0 Å². The Kier molecular flexibility index (Phi) is 4.43. The highest BCUT2D eigenvalue weighted by molar-refractivity contribution is 6.17. The maximum atomic E-state index is 11.9. The van der Waals surface area contributed by atoms with Gasteiger partial charge in [-0.15, -0.1) is 11.6 Å². The third-order valence-corrected chi connectivity index (χ3v) is 3.48. The lowest BCUT2D eigenvalue weighted by Gasteiger charge is -2.21. The van der Waals surface area contributed by atoms with Crippen molar-refractivity contribution in [2.75, 3.05) is 0 Å². The summed E-state index contributed by atoms with van der Waals surface area (Å²) in [5.74, 6) is 0.260. The number of halogens is 1. The fourth-order valence-corrected chi connectivity index (χ4v) is 2.31. The number of rotatable bonds is 3. The predicted molar refractivity (Wildman–Crippen MR) is 68.3 cm³/mol. The van der Waals surface area contributed by atoms with Gasteiger partial charge in [0.2, 0.25) is 0 Å². The van der Waals surface area contributed by atoms with Crippen LogP contribution in [-0.2, 0) is 10.6 Å². The van der Waals surface area contributed by atoms with Gasteiger partial charge < -0.3 is 4.74 Å². The second-order valence-electron chi connectivity index (χ2n) is 4.50. The fraction of sp³-hybridized carbons (Fsp3) is 0.500. The third-order valence-electron chi connectivity index (χ3n) is 3.17. The summed E-state index contributed by atoms with van der Waals surface area (Å²) in [4.78, 5) is 11.9. The number of ether oxygens (including phenoxy) is 1. The Hall–Kier alpha value is -1.02. The van der Waals surface area contributed by atoms with Gasteiger partial charge >= 0.3 is 5.97 Å². The van der Waals surface area contributed by atoms with Gasteiger partial charge in [-0.3, -0.25) is 0 Å². The number of carbonyl (C=O) groups excluding carboxylic acids is 1. The molecule has 1 aliphatic rings. The number of carbonyl (C=O) groups is 1. The van der Waals surface area contributed by atoms with E-state index in [1.54, 1.807) is 12.1 Å². The second-order valence-corrected chi connectivity index (χ2v) is 4.76. The summed E-state index contributed by atoms with van der Waals surface area (Å²) in [5, 5.41) is 0. The smallest absolute Gasteiger partial charge is 0.338 e. The molecule has 2 rings (SSSR count). The minimum atomic E-state index is -0.210. The Morgan fingerprint density at radius 3 is 2.41 bits per heavy atom. The molecule has 0 atom stereocenters. The van der Waals surface area contributed by atoms with E-state index in [2.05, 4.69) is 0 Å². The molecule has 3 heteroatoms. The summed E-state index contributed by atoms with van der Waals surface area (Å²) in [6, 6.07) is 7.29. The van der Waals surface area contributed by atoms with Crippen LogP contribution < -0.4 is 0 Å². The molecule has 1 aromatic rings. The lowest BCUT2D eigenvalue weighted by Crippen LogP contribution is -2.20. The van der Waals surface area contributed by atoms with Crippen LogP contribution in [0.5, 0.6) is 0 Å². The molecule has 0 bridgehead atoms. The quantitative estimate of drug-likeness (QED) is 0.602. The van der Waals surface area contributed by atoms with E-state index in [1.807, 2.05) is 12.1 Å². The molecule has 0 aliphatic heterocycles. The summed E-state index contributed by atoms with van der Waals surface area (Å²) < 4.78 is 5.48. The van der Waals surface area contributed by atoms with Crippen molar-refractivity contribution in [1.82, 2.24) is 0 Å². The molecule has 0 spiro atoms. The van der Waals surface area contributed by atoms with E-state index in [-0.39, 0.29) is 12.1 Å². The summed E-state index contributed by atoms with van der Waals surface area (Å²) in [7, 11) is 0. The summed E-state index contributed by atoms with van der Waals surface area (Å²) in [6.07, 6.45) is 5.73. The van der Waals surface area contributed by atoms with E-state index >= 15 is 0 Å². The SMILES string of the molecule is O=C(OC1CCCCC1)c1ccc(CCl)cc1. The number of esters is 1. The number of alkyl halides is 1. The minimum absolute atomic E-state index is 0.115. The molecule has 0 saturated heterocycles. The van der Waals surface area contributed by atoms with Crippen molar-refractivity contribution in [3.8, 4) is 0 Å². The second kappa shape index (κ2) is 6.06. The third kappa shape index (κ3) is 3.47. The van der Waals surface area contributed by atoms with E-state index in [0.717, 1.165) is 18.4 Å². The van der Waals surface area contributed by atoms with E-state index in [4.69, 9.17) is 16.3 Å². The Bertz CT molecular complexity index is 366. The molecule has 17 heavy (non-hydrogen) atoms. The molecule has 0 N–H and O–H groups in total. The van der Waals surface area contributed by atoms with Gasteiger partial charge in [-0.1, -0.05) is 18.6 Å². The monoisotopic (exact) mass is 252 g/mol. The van der Waals surface area contributed by atoms with E-state index in [0.29, 0.717) is 11.4 Å². The Balaban J connectivity index is 1.93. The average molecular weight is 253 g/mol. The minimum Gasteiger partial charge on any atom is -0.459 e. The Morgan fingerprint density at radius 1 is 1.18 bits per heavy atom. The molecule has 1 saturated carbocycles. The topological polar surface area (TPSA) is 26.3 Å². The fourth-order valence-electron chi connectivity index (χ4n) is 2.13. The van der Waals surface area contributed by atoms with Crippen molar-refractivity contribution < 1.29 is 9.53 Å². The van der Waals surface area contributed by atoms with Crippen LogP contribution in [0.2, 0.25) is 0 Å². The van der Waals surface area contributed by atoms with Crippen molar-refractivity contribution in [2.24, 2.45) is 0 Å². The van der Waals surface area contributed by atoms with Crippen molar-refractivity contribution in [2.45, 2.75) is 44.1 Å². The normalized spacial score (nSPS) is 16.8. The highest BCUT2D eigenvalue weighted by Gasteiger charge is 2.18. The molecule has 1 aromatic carbocycles. The average Bonchev–Trinajstić information content (AvgIpc) is 2.40.